The first-order valence-corrected chi connectivity index (χ1v) is 7.39. The number of nitrogens with zero attached hydrogens (tertiary/aromatic N) is 2. The van der Waals surface area contributed by atoms with E-state index in [1.54, 1.807) is 0 Å². The molecule has 3 heteroatoms. The van der Waals surface area contributed by atoms with E-state index in [0.29, 0.717) is 5.92 Å². The second-order valence-electron chi connectivity index (χ2n) is 6.58. The fourth-order valence-electron chi connectivity index (χ4n) is 2.59. The van der Waals surface area contributed by atoms with Crippen LogP contribution in [0.15, 0.2) is 24.4 Å². The van der Waals surface area contributed by atoms with Crippen LogP contribution in [0.2, 0.25) is 0 Å². The van der Waals surface area contributed by atoms with Gasteiger partial charge in [0.1, 0.15) is 0 Å². The zero-order chi connectivity index (χ0) is 14.8. The molecule has 0 aliphatic rings. The van der Waals surface area contributed by atoms with Gasteiger partial charge in [-0.2, -0.15) is 15.4 Å². The van der Waals surface area contributed by atoms with Gasteiger partial charge in [0.2, 0.25) is 0 Å². The zero-order valence-electron chi connectivity index (χ0n) is 13.2. The first-order chi connectivity index (χ1) is 9.41. The Hall–Kier alpha value is -1.64. The van der Waals surface area contributed by atoms with E-state index in [1.807, 2.05) is 6.20 Å². The van der Waals surface area contributed by atoms with Gasteiger partial charge in [-0.1, -0.05) is 52.8 Å². The lowest BCUT2D eigenvalue weighted by molar-refractivity contribution is 0.587. The molecule has 2 aromatic rings. The van der Waals surface area contributed by atoms with Crippen LogP contribution in [0.25, 0.3) is 0 Å². The van der Waals surface area contributed by atoms with E-state index in [-0.39, 0.29) is 5.41 Å². The number of aromatic nitrogens is 3. The summed E-state index contributed by atoms with van der Waals surface area (Å²) in [4.78, 5) is 0. The summed E-state index contributed by atoms with van der Waals surface area (Å²) >= 11 is 0. The molecule has 3 nitrogen and oxygen atoms in total. The van der Waals surface area contributed by atoms with Gasteiger partial charge in [0.05, 0.1) is 11.9 Å². The summed E-state index contributed by atoms with van der Waals surface area (Å²) < 4.78 is 0. The maximum Gasteiger partial charge on any atom is 0.0830 e. The highest BCUT2D eigenvalue weighted by Crippen LogP contribution is 2.30. The molecule has 0 saturated heterocycles. The van der Waals surface area contributed by atoms with Crippen molar-refractivity contribution in [3.8, 4) is 0 Å². The monoisotopic (exact) mass is 271 g/mol. The Labute approximate surface area is 121 Å². The highest BCUT2D eigenvalue weighted by atomic mass is 15.3. The average Bonchev–Trinajstić information content (AvgIpc) is 2.89. The van der Waals surface area contributed by atoms with Crippen LogP contribution < -0.4 is 0 Å². The predicted octanol–water partition coefficient (Wildman–Crippen LogP) is 4.01. The third kappa shape index (κ3) is 3.27. The molecule has 0 spiro atoms. The molecule has 0 saturated carbocycles. The Bertz CT molecular complexity index is 550. The molecule has 2 rings (SSSR count). The summed E-state index contributed by atoms with van der Waals surface area (Å²) in [7, 11) is 0. The minimum Gasteiger partial charge on any atom is -0.198 e. The number of hydrogen-bond donors (Lipinski definition) is 1. The van der Waals surface area contributed by atoms with Crippen LogP contribution >= 0.6 is 0 Å². The Morgan fingerprint density at radius 3 is 2.55 bits per heavy atom. The third-order valence-corrected chi connectivity index (χ3v) is 3.90. The predicted molar refractivity (Wildman–Crippen MR) is 83.0 cm³/mol. The van der Waals surface area contributed by atoms with Gasteiger partial charge in [0.15, 0.2) is 0 Å². The Balaban J connectivity index is 2.32. The number of nitrogens with one attached hydrogen (secondary N) is 1. The van der Waals surface area contributed by atoms with Crippen molar-refractivity contribution >= 4 is 0 Å². The van der Waals surface area contributed by atoms with E-state index in [0.717, 1.165) is 18.5 Å². The van der Waals surface area contributed by atoms with Crippen LogP contribution in [0.1, 0.15) is 62.9 Å². The van der Waals surface area contributed by atoms with Crippen molar-refractivity contribution in [2.24, 2.45) is 0 Å². The molecule has 0 bridgehead atoms. The molecular weight excluding hydrogens is 246 g/mol. The van der Waals surface area contributed by atoms with Crippen LogP contribution in [0, 0.1) is 0 Å². The van der Waals surface area contributed by atoms with Crippen molar-refractivity contribution in [2.45, 2.75) is 58.8 Å². The van der Waals surface area contributed by atoms with Crippen molar-refractivity contribution < 1.29 is 0 Å². The van der Waals surface area contributed by atoms with E-state index in [2.05, 4.69) is 68.2 Å². The zero-order valence-corrected chi connectivity index (χ0v) is 13.2. The van der Waals surface area contributed by atoms with Crippen LogP contribution in [-0.2, 0) is 18.3 Å². The Morgan fingerprint density at radius 2 is 2.00 bits per heavy atom. The summed E-state index contributed by atoms with van der Waals surface area (Å²) in [6.45, 7) is 11.3. The molecule has 1 aromatic carbocycles. The molecule has 1 aromatic heterocycles. The van der Waals surface area contributed by atoms with Crippen LogP contribution in [0.3, 0.4) is 0 Å². The first-order valence-electron chi connectivity index (χ1n) is 7.39. The number of hydrogen-bond acceptors (Lipinski definition) is 2. The smallest absolute Gasteiger partial charge is 0.0830 e. The van der Waals surface area contributed by atoms with Gasteiger partial charge in [-0.3, -0.25) is 0 Å². The number of aromatic amines is 1. The van der Waals surface area contributed by atoms with Crippen LogP contribution in [-0.4, -0.2) is 15.4 Å². The molecule has 0 aliphatic heterocycles. The fraction of sp³-hybridized carbons (Fsp3) is 0.529. The van der Waals surface area contributed by atoms with Crippen molar-refractivity contribution in [1.82, 2.24) is 15.4 Å². The second-order valence-corrected chi connectivity index (χ2v) is 6.58. The average molecular weight is 271 g/mol. The molecule has 1 N–H and O–H groups in total. The molecule has 108 valence electrons. The van der Waals surface area contributed by atoms with Crippen molar-refractivity contribution in [3.63, 3.8) is 0 Å². The quantitative estimate of drug-likeness (QED) is 0.912. The summed E-state index contributed by atoms with van der Waals surface area (Å²) in [6.07, 6.45) is 3.82. The van der Waals surface area contributed by atoms with E-state index < -0.39 is 0 Å². The lowest BCUT2D eigenvalue weighted by Gasteiger charge is -2.23. The number of aryl methyl sites for hydroxylation is 1. The van der Waals surface area contributed by atoms with Gasteiger partial charge < -0.3 is 0 Å². The van der Waals surface area contributed by atoms with Gasteiger partial charge in [-0.15, -0.1) is 0 Å². The molecule has 1 atom stereocenters. The van der Waals surface area contributed by atoms with E-state index >= 15 is 0 Å². The van der Waals surface area contributed by atoms with Crippen LogP contribution in [0.4, 0.5) is 0 Å². The van der Waals surface area contributed by atoms with E-state index in [4.69, 9.17) is 0 Å². The highest BCUT2D eigenvalue weighted by molar-refractivity contribution is 5.37. The SMILES string of the molecule is CCc1ccc(C(C)(C)C)cc1C(C)Cc1cn[nH]n1. The largest absolute Gasteiger partial charge is 0.198 e. The number of H-pyrrole nitrogens is 1. The molecule has 0 fully saturated rings. The van der Waals surface area contributed by atoms with Gasteiger partial charge in [0.25, 0.3) is 0 Å². The number of benzene rings is 1. The second kappa shape index (κ2) is 5.78. The molecule has 0 radical (unpaired) electrons. The fourth-order valence-corrected chi connectivity index (χ4v) is 2.59. The Kier molecular flexibility index (Phi) is 4.26. The highest BCUT2D eigenvalue weighted by Gasteiger charge is 2.18. The summed E-state index contributed by atoms with van der Waals surface area (Å²) in [5.41, 5.74) is 5.50. The van der Waals surface area contributed by atoms with Crippen molar-refractivity contribution in [1.29, 1.82) is 0 Å². The lowest BCUT2D eigenvalue weighted by atomic mass is 9.82. The van der Waals surface area contributed by atoms with Gasteiger partial charge >= 0.3 is 0 Å². The normalized spacial score (nSPS) is 13.4. The maximum absolute atomic E-state index is 4.17. The molecule has 0 aliphatic carbocycles. The summed E-state index contributed by atoms with van der Waals surface area (Å²) in [6, 6.07) is 6.93. The molecule has 1 unspecified atom stereocenters. The molecular formula is C17H25N3. The molecule has 0 amide bonds. The van der Waals surface area contributed by atoms with Gasteiger partial charge in [0, 0.05) is 0 Å². The van der Waals surface area contributed by atoms with Crippen LogP contribution in [0.5, 0.6) is 0 Å². The topological polar surface area (TPSA) is 41.6 Å². The molecule has 1 heterocycles. The maximum atomic E-state index is 4.17. The van der Waals surface area contributed by atoms with E-state index in [9.17, 15) is 0 Å². The standard InChI is InChI=1S/C17H25N3/c1-6-13-7-8-14(17(3,4)5)10-16(13)12(2)9-15-11-18-20-19-15/h7-8,10-12H,6,9H2,1-5H3,(H,18,19,20). The van der Waals surface area contributed by atoms with E-state index in [1.165, 1.54) is 16.7 Å². The molecule has 20 heavy (non-hydrogen) atoms. The van der Waals surface area contributed by atoms with Gasteiger partial charge in [-0.05, 0) is 40.9 Å². The van der Waals surface area contributed by atoms with Gasteiger partial charge in [-0.25, -0.2) is 0 Å². The van der Waals surface area contributed by atoms with Crippen molar-refractivity contribution in [3.05, 3.63) is 46.8 Å². The first kappa shape index (κ1) is 14.8. The number of rotatable bonds is 4. The minimum absolute atomic E-state index is 0.189. The Morgan fingerprint density at radius 1 is 1.25 bits per heavy atom. The lowest BCUT2D eigenvalue weighted by Crippen LogP contribution is -2.13. The van der Waals surface area contributed by atoms with Crippen molar-refractivity contribution in [2.75, 3.05) is 0 Å². The summed E-state index contributed by atoms with van der Waals surface area (Å²) in [5, 5.41) is 10.8. The minimum atomic E-state index is 0.189. The third-order valence-electron chi connectivity index (χ3n) is 3.90. The summed E-state index contributed by atoms with van der Waals surface area (Å²) in [5.74, 6) is 0.456.